The van der Waals surface area contributed by atoms with Crippen LogP contribution in [0.1, 0.15) is 0 Å². The first kappa shape index (κ1) is 6.66. The zero-order valence-corrected chi connectivity index (χ0v) is 6.94. The number of rotatable bonds is 0. The lowest BCUT2D eigenvalue weighted by Crippen LogP contribution is -1.82. The van der Waals surface area contributed by atoms with Gasteiger partial charge in [-0.1, -0.05) is 24.3 Å². The van der Waals surface area contributed by atoms with E-state index in [1.165, 1.54) is 5.39 Å². The van der Waals surface area contributed by atoms with Crippen molar-refractivity contribution in [3.05, 3.63) is 48.7 Å². The minimum atomic E-state index is 1.03. The Morgan fingerprint density at radius 2 is 2.08 bits per heavy atom. The number of fused-ring (bicyclic) bond motifs is 3. The summed E-state index contributed by atoms with van der Waals surface area (Å²) in [6, 6.07) is 15.1. The van der Waals surface area contributed by atoms with Crippen molar-refractivity contribution < 1.29 is 0 Å². The Morgan fingerprint density at radius 1 is 1.15 bits per heavy atom. The molecule has 2 heterocycles. The zero-order chi connectivity index (χ0) is 8.67. The van der Waals surface area contributed by atoms with Crippen LogP contribution in [0.25, 0.3) is 16.4 Å². The van der Waals surface area contributed by atoms with Crippen molar-refractivity contribution in [3.8, 4) is 0 Å². The van der Waals surface area contributed by atoms with Crippen LogP contribution in [0.4, 0.5) is 0 Å². The maximum Gasteiger partial charge on any atom is 0.0933 e. The van der Waals surface area contributed by atoms with Crippen LogP contribution < -0.4 is 0 Å². The Balaban J connectivity index is 2.64. The molecule has 2 nitrogen and oxygen atoms in total. The molecule has 1 aromatic carbocycles. The van der Waals surface area contributed by atoms with Gasteiger partial charge in [-0.25, -0.2) is 4.52 Å². The quantitative estimate of drug-likeness (QED) is 0.502. The van der Waals surface area contributed by atoms with E-state index in [-0.39, 0.29) is 0 Å². The summed E-state index contributed by atoms with van der Waals surface area (Å²) in [6.45, 7) is 0. The molecular weight excluding hydrogens is 160 g/mol. The van der Waals surface area contributed by atoms with Crippen LogP contribution in [0.5, 0.6) is 0 Å². The Hall–Kier alpha value is -1.83. The Morgan fingerprint density at radius 3 is 3.08 bits per heavy atom. The molecular formula is C11H7N2. The number of nitrogens with zero attached hydrogens (tertiary/aromatic N) is 2. The van der Waals surface area contributed by atoms with E-state index in [2.05, 4.69) is 17.2 Å². The van der Waals surface area contributed by atoms with Gasteiger partial charge in [0.25, 0.3) is 0 Å². The molecule has 2 aromatic heterocycles. The van der Waals surface area contributed by atoms with Crippen molar-refractivity contribution in [2.24, 2.45) is 0 Å². The number of hydrogen-bond acceptors (Lipinski definition) is 1. The lowest BCUT2D eigenvalue weighted by Gasteiger charge is -1.88. The summed E-state index contributed by atoms with van der Waals surface area (Å²) >= 11 is 0. The second-order valence-corrected chi connectivity index (χ2v) is 2.98. The fraction of sp³-hybridized carbons (Fsp3) is 0. The van der Waals surface area contributed by atoms with Crippen molar-refractivity contribution in [1.82, 2.24) is 9.61 Å². The van der Waals surface area contributed by atoms with Crippen molar-refractivity contribution in [2.75, 3.05) is 0 Å². The first-order valence-electron chi connectivity index (χ1n) is 4.18. The molecule has 0 unspecified atom stereocenters. The van der Waals surface area contributed by atoms with Crippen molar-refractivity contribution in [2.45, 2.75) is 0 Å². The molecule has 0 aliphatic rings. The highest BCUT2D eigenvalue weighted by atomic mass is 15.2. The van der Waals surface area contributed by atoms with Gasteiger partial charge in [0.05, 0.1) is 11.0 Å². The van der Waals surface area contributed by atoms with Crippen molar-refractivity contribution >= 4 is 16.4 Å². The fourth-order valence-corrected chi connectivity index (χ4v) is 1.58. The number of pyridine rings is 1. The summed E-state index contributed by atoms with van der Waals surface area (Å²) in [5.74, 6) is 0. The van der Waals surface area contributed by atoms with Crippen molar-refractivity contribution in [3.63, 3.8) is 0 Å². The lowest BCUT2D eigenvalue weighted by molar-refractivity contribution is 0.980. The third kappa shape index (κ3) is 0.855. The largest absolute Gasteiger partial charge is 0.239 e. The van der Waals surface area contributed by atoms with Crippen molar-refractivity contribution in [1.29, 1.82) is 0 Å². The normalized spacial score (nSPS) is 11.1. The fourth-order valence-electron chi connectivity index (χ4n) is 1.58. The maximum absolute atomic E-state index is 4.40. The van der Waals surface area contributed by atoms with E-state index in [0.717, 1.165) is 11.0 Å². The van der Waals surface area contributed by atoms with Gasteiger partial charge >= 0.3 is 0 Å². The standard InChI is InChI=1S/C11H7N2/c1-2-6-10-9(5-1)11-7-3-4-8-13(11)12-10/h1-3,5-8H. The predicted molar refractivity (Wildman–Crippen MR) is 51.5 cm³/mol. The van der Waals surface area contributed by atoms with E-state index < -0.39 is 0 Å². The molecule has 13 heavy (non-hydrogen) atoms. The summed E-state index contributed by atoms with van der Waals surface area (Å²) in [7, 11) is 0. The van der Waals surface area contributed by atoms with Gasteiger partial charge in [-0.3, -0.25) is 0 Å². The van der Waals surface area contributed by atoms with Gasteiger partial charge in [-0.15, -0.1) is 0 Å². The van der Waals surface area contributed by atoms with Gasteiger partial charge in [0.2, 0.25) is 0 Å². The third-order valence-corrected chi connectivity index (χ3v) is 2.18. The van der Waals surface area contributed by atoms with Crippen LogP contribution in [0.2, 0.25) is 0 Å². The third-order valence-electron chi connectivity index (χ3n) is 2.18. The summed E-state index contributed by atoms with van der Waals surface area (Å²) in [5.41, 5.74) is 2.16. The van der Waals surface area contributed by atoms with Gasteiger partial charge in [0, 0.05) is 17.6 Å². The Kier molecular flexibility index (Phi) is 1.19. The summed E-state index contributed by atoms with van der Waals surface area (Å²) in [5, 5.41) is 5.59. The van der Waals surface area contributed by atoms with Gasteiger partial charge in [-0.05, 0) is 12.1 Å². The van der Waals surface area contributed by atoms with E-state index in [1.807, 2.05) is 41.0 Å². The minimum Gasteiger partial charge on any atom is -0.239 e. The highest BCUT2D eigenvalue weighted by Crippen LogP contribution is 2.17. The highest BCUT2D eigenvalue weighted by molar-refractivity contribution is 5.93. The average molecular weight is 167 g/mol. The van der Waals surface area contributed by atoms with Crippen LogP contribution in [-0.2, 0) is 0 Å². The van der Waals surface area contributed by atoms with Crippen LogP contribution in [-0.4, -0.2) is 9.61 Å². The SMILES string of the molecule is [c]1ccc2c3ccccc3nn2c1. The Bertz CT molecular complexity index is 516. The molecule has 0 atom stereocenters. The monoisotopic (exact) mass is 167 g/mol. The van der Waals surface area contributed by atoms with Gasteiger partial charge in [0.1, 0.15) is 0 Å². The molecule has 0 amide bonds. The molecule has 0 aliphatic carbocycles. The molecule has 2 heteroatoms. The molecule has 0 bridgehead atoms. The second-order valence-electron chi connectivity index (χ2n) is 2.98. The van der Waals surface area contributed by atoms with E-state index in [9.17, 15) is 0 Å². The van der Waals surface area contributed by atoms with Crippen LogP contribution in [0, 0.1) is 6.07 Å². The van der Waals surface area contributed by atoms with E-state index in [4.69, 9.17) is 0 Å². The smallest absolute Gasteiger partial charge is 0.0933 e. The summed E-state index contributed by atoms with van der Waals surface area (Å²) in [4.78, 5) is 0. The molecule has 0 spiro atoms. The van der Waals surface area contributed by atoms with Crippen LogP contribution in [0.15, 0.2) is 42.6 Å². The van der Waals surface area contributed by atoms with Gasteiger partial charge < -0.3 is 0 Å². The molecule has 1 radical (unpaired) electrons. The maximum atomic E-state index is 4.40. The zero-order valence-electron chi connectivity index (χ0n) is 6.94. The summed E-state index contributed by atoms with van der Waals surface area (Å²) in [6.07, 6.45) is 1.84. The van der Waals surface area contributed by atoms with E-state index in [0.29, 0.717) is 0 Å². The van der Waals surface area contributed by atoms with Crippen LogP contribution in [0.3, 0.4) is 0 Å². The van der Waals surface area contributed by atoms with Gasteiger partial charge in [-0.2, -0.15) is 5.10 Å². The van der Waals surface area contributed by atoms with E-state index >= 15 is 0 Å². The number of aromatic nitrogens is 2. The summed E-state index contributed by atoms with van der Waals surface area (Å²) < 4.78 is 1.85. The first-order chi connectivity index (χ1) is 6.45. The molecule has 0 N–H and O–H groups in total. The number of benzene rings is 1. The molecule has 3 aromatic rings. The van der Waals surface area contributed by atoms with Gasteiger partial charge in [0.15, 0.2) is 0 Å². The molecule has 0 saturated carbocycles. The molecule has 0 fully saturated rings. The predicted octanol–water partition coefficient (Wildman–Crippen LogP) is 2.29. The first-order valence-corrected chi connectivity index (χ1v) is 4.18. The molecule has 0 aliphatic heterocycles. The highest BCUT2D eigenvalue weighted by Gasteiger charge is 2.00. The topological polar surface area (TPSA) is 17.3 Å². The van der Waals surface area contributed by atoms with E-state index in [1.54, 1.807) is 0 Å². The number of hydrogen-bond donors (Lipinski definition) is 0. The molecule has 3 rings (SSSR count). The Labute approximate surface area is 75.4 Å². The molecule has 61 valence electrons. The second kappa shape index (κ2) is 2.33. The lowest BCUT2D eigenvalue weighted by atomic mass is 10.2. The molecule has 0 saturated heterocycles. The minimum absolute atomic E-state index is 1.03. The van der Waals surface area contributed by atoms with Crippen LogP contribution >= 0.6 is 0 Å². The average Bonchev–Trinajstić information content (AvgIpc) is 2.56.